The summed E-state index contributed by atoms with van der Waals surface area (Å²) in [6, 6.07) is 4.82. The van der Waals surface area contributed by atoms with Crippen LogP contribution in [-0.4, -0.2) is 16.2 Å². The van der Waals surface area contributed by atoms with Crippen LogP contribution < -0.4 is 0 Å². The number of phenols is 1. The lowest BCUT2D eigenvalue weighted by molar-refractivity contribution is -0.175. The van der Waals surface area contributed by atoms with Crippen molar-refractivity contribution in [1.29, 1.82) is 0 Å². The number of hydrogen-bond acceptors (Lipinski definition) is 2. The lowest BCUT2D eigenvalue weighted by atomic mass is 9.81. The molecule has 1 aromatic carbocycles. The van der Waals surface area contributed by atoms with Crippen LogP contribution in [0.15, 0.2) is 24.3 Å². The zero-order chi connectivity index (χ0) is 12.6. The van der Waals surface area contributed by atoms with Gasteiger partial charge in [0.1, 0.15) is 11.2 Å². The molecule has 0 fully saturated rings. The van der Waals surface area contributed by atoms with Gasteiger partial charge in [-0.25, -0.2) is 0 Å². The highest BCUT2D eigenvalue weighted by molar-refractivity contribution is 5.75. The van der Waals surface area contributed by atoms with Gasteiger partial charge in [0.05, 0.1) is 5.56 Å². The molecule has 3 nitrogen and oxygen atoms in total. The fraction of sp³-hybridized carbons (Fsp3) is 0.364. The number of phenolic OH excluding ortho intramolecular Hbond substituents is 1. The summed E-state index contributed by atoms with van der Waals surface area (Å²) in [5.74, 6) is -5.88. The number of aliphatic carboxylic acids is 1. The number of benzene rings is 1. The Morgan fingerprint density at radius 3 is 2.19 bits per heavy atom. The number of rotatable bonds is 3. The van der Waals surface area contributed by atoms with Crippen LogP contribution in [0, 0.1) is 5.41 Å². The summed E-state index contributed by atoms with van der Waals surface area (Å²) in [6.45, 7) is 1.84. The maximum atomic E-state index is 13.9. The average molecular weight is 230 g/mol. The van der Waals surface area contributed by atoms with Gasteiger partial charge < -0.3 is 10.2 Å². The topological polar surface area (TPSA) is 57.5 Å². The van der Waals surface area contributed by atoms with Gasteiger partial charge in [-0.05, 0) is 26.0 Å². The summed E-state index contributed by atoms with van der Waals surface area (Å²) in [6.07, 6.45) is 0. The fourth-order valence-electron chi connectivity index (χ4n) is 1.21. The minimum Gasteiger partial charge on any atom is -0.507 e. The largest absolute Gasteiger partial charge is 0.507 e. The Kier molecular flexibility index (Phi) is 2.90. The van der Waals surface area contributed by atoms with Crippen molar-refractivity contribution in [3.8, 4) is 5.75 Å². The maximum Gasteiger partial charge on any atom is 0.315 e. The summed E-state index contributed by atoms with van der Waals surface area (Å²) in [4.78, 5) is 10.8. The molecule has 0 aromatic heterocycles. The van der Waals surface area contributed by atoms with E-state index in [1.807, 2.05) is 0 Å². The van der Waals surface area contributed by atoms with Gasteiger partial charge in [-0.15, -0.1) is 0 Å². The predicted molar refractivity (Wildman–Crippen MR) is 53.4 cm³/mol. The molecule has 0 radical (unpaired) electrons. The first kappa shape index (κ1) is 12.4. The van der Waals surface area contributed by atoms with E-state index in [1.54, 1.807) is 0 Å². The molecule has 0 aliphatic rings. The summed E-state index contributed by atoms with van der Waals surface area (Å²) < 4.78 is 27.8. The Hall–Kier alpha value is -1.65. The third-order valence-electron chi connectivity index (χ3n) is 2.56. The molecule has 0 aliphatic heterocycles. The van der Waals surface area contributed by atoms with Crippen LogP contribution in [0.1, 0.15) is 19.4 Å². The van der Waals surface area contributed by atoms with Gasteiger partial charge in [0, 0.05) is 0 Å². The van der Waals surface area contributed by atoms with Crippen molar-refractivity contribution in [2.24, 2.45) is 5.41 Å². The molecule has 88 valence electrons. The Morgan fingerprint density at radius 2 is 1.75 bits per heavy atom. The van der Waals surface area contributed by atoms with Crippen molar-refractivity contribution >= 4 is 5.97 Å². The number of hydrogen-bond donors (Lipinski definition) is 2. The van der Waals surface area contributed by atoms with E-state index < -0.39 is 28.6 Å². The van der Waals surface area contributed by atoms with Crippen LogP contribution >= 0.6 is 0 Å². The Bertz CT molecular complexity index is 413. The van der Waals surface area contributed by atoms with Crippen LogP contribution in [0.4, 0.5) is 8.78 Å². The molecule has 0 saturated heterocycles. The second-order valence-corrected chi connectivity index (χ2v) is 4.02. The lowest BCUT2D eigenvalue weighted by Gasteiger charge is -2.30. The van der Waals surface area contributed by atoms with Crippen molar-refractivity contribution in [3.05, 3.63) is 29.8 Å². The number of halogens is 2. The van der Waals surface area contributed by atoms with Crippen LogP contribution in [0.2, 0.25) is 0 Å². The van der Waals surface area contributed by atoms with E-state index in [9.17, 15) is 18.7 Å². The number of carboxylic acid groups (broad SMARTS) is 1. The molecular weight excluding hydrogens is 218 g/mol. The highest BCUT2D eigenvalue weighted by atomic mass is 19.3. The molecule has 1 aromatic rings. The SMILES string of the molecule is CC(C)(C(=O)O)C(F)(F)c1ccccc1O. The van der Waals surface area contributed by atoms with Gasteiger partial charge in [0.2, 0.25) is 0 Å². The minimum atomic E-state index is -3.65. The Morgan fingerprint density at radius 1 is 1.25 bits per heavy atom. The summed E-state index contributed by atoms with van der Waals surface area (Å²) in [5.41, 5.74) is -2.96. The van der Waals surface area contributed by atoms with Crippen molar-refractivity contribution < 1.29 is 23.8 Å². The number of alkyl halides is 2. The lowest BCUT2D eigenvalue weighted by Crippen LogP contribution is -2.40. The molecule has 0 spiro atoms. The quantitative estimate of drug-likeness (QED) is 0.839. The van der Waals surface area contributed by atoms with Gasteiger partial charge >= 0.3 is 5.97 Å². The standard InChI is InChI=1S/C11H12F2O3/c1-10(2,9(15)16)11(12,13)7-5-3-4-6-8(7)14/h3-6,14H,1-2H3,(H,15,16). The third-order valence-corrected chi connectivity index (χ3v) is 2.56. The van der Waals surface area contributed by atoms with Gasteiger partial charge in [-0.2, -0.15) is 8.78 Å². The van der Waals surface area contributed by atoms with E-state index in [0.717, 1.165) is 26.0 Å². The average Bonchev–Trinajstić information content (AvgIpc) is 2.17. The molecule has 0 saturated carbocycles. The zero-order valence-electron chi connectivity index (χ0n) is 8.87. The molecular formula is C11H12F2O3. The number of aromatic hydroxyl groups is 1. The zero-order valence-corrected chi connectivity index (χ0v) is 8.87. The summed E-state index contributed by atoms with van der Waals surface area (Å²) in [7, 11) is 0. The normalized spacial score (nSPS) is 12.5. The predicted octanol–water partition coefficient (Wildman–Crippen LogP) is 2.59. The highest BCUT2D eigenvalue weighted by Crippen LogP contribution is 2.47. The number of carbonyl (C=O) groups is 1. The third kappa shape index (κ3) is 1.73. The molecule has 0 bridgehead atoms. The van der Waals surface area contributed by atoms with Crippen molar-refractivity contribution in [1.82, 2.24) is 0 Å². The molecule has 16 heavy (non-hydrogen) atoms. The van der Waals surface area contributed by atoms with E-state index in [4.69, 9.17) is 5.11 Å². The first-order valence-corrected chi connectivity index (χ1v) is 4.61. The molecule has 0 atom stereocenters. The molecule has 0 heterocycles. The van der Waals surface area contributed by atoms with Crippen LogP contribution in [-0.2, 0) is 10.7 Å². The molecule has 0 aliphatic carbocycles. The van der Waals surface area contributed by atoms with Crippen LogP contribution in [0.5, 0.6) is 5.75 Å². The first-order valence-electron chi connectivity index (χ1n) is 4.61. The fourth-order valence-corrected chi connectivity index (χ4v) is 1.21. The van der Waals surface area contributed by atoms with E-state index >= 15 is 0 Å². The van der Waals surface area contributed by atoms with Crippen molar-refractivity contribution in [2.75, 3.05) is 0 Å². The van der Waals surface area contributed by atoms with Crippen LogP contribution in [0.3, 0.4) is 0 Å². The van der Waals surface area contributed by atoms with E-state index in [-0.39, 0.29) is 0 Å². The maximum absolute atomic E-state index is 13.9. The van der Waals surface area contributed by atoms with Gasteiger partial charge in [0.15, 0.2) is 0 Å². The van der Waals surface area contributed by atoms with Crippen molar-refractivity contribution in [2.45, 2.75) is 19.8 Å². The molecule has 0 unspecified atom stereocenters. The molecule has 1 rings (SSSR count). The Balaban J connectivity index is 3.32. The van der Waals surface area contributed by atoms with E-state index in [1.165, 1.54) is 12.1 Å². The second kappa shape index (κ2) is 3.73. The smallest absolute Gasteiger partial charge is 0.315 e. The number of para-hydroxylation sites is 1. The first-order chi connectivity index (χ1) is 7.21. The van der Waals surface area contributed by atoms with E-state index in [2.05, 4.69) is 0 Å². The highest BCUT2D eigenvalue weighted by Gasteiger charge is 2.54. The summed E-state index contributed by atoms with van der Waals surface area (Å²) >= 11 is 0. The molecule has 0 amide bonds. The number of carboxylic acids is 1. The summed E-state index contributed by atoms with van der Waals surface area (Å²) in [5, 5.41) is 18.1. The van der Waals surface area contributed by atoms with Gasteiger partial charge in [0.25, 0.3) is 5.92 Å². The van der Waals surface area contributed by atoms with Crippen LogP contribution in [0.25, 0.3) is 0 Å². The Labute approximate surface area is 91.3 Å². The molecule has 2 N–H and O–H groups in total. The molecule has 5 heteroatoms. The van der Waals surface area contributed by atoms with Gasteiger partial charge in [-0.3, -0.25) is 4.79 Å². The van der Waals surface area contributed by atoms with Gasteiger partial charge in [-0.1, -0.05) is 12.1 Å². The monoisotopic (exact) mass is 230 g/mol. The van der Waals surface area contributed by atoms with E-state index in [0.29, 0.717) is 0 Å². The minimum absolute atomic E-state index is 0.609. The van der Waals surface area contributed by atoms with Crippen molar-refractivity contribution in [3.63, 3.8) is 0 Å². The second-order valence-electron chi connectivity index (χ2n) is 4.02.